The number of methoxy groups -OCH3 is 1. The molecule has 1 atom stereocenters. The lowest BCUT2D eigenvalue weighted by Gasteiger charge is -2.21. The minimum absolute atomic E-state index is 0.1000. The number of carbonyl (C=O) groups excluding carboxylic acids is 2. The molecule has 1 N–H and O–H groups in total. The molecule has 3 aromatic rings. The smallest absolute Gasteiger partial charge is 0.414 e. The number of nitrogens with zero attached hydrogens (tertiary/aromatic N) is 2. The number of pyridine rings is 1. The van der Waals surface area contributed by atoms with Gasteiger partial charge in [0.25, 0.3) is 5.56 Å². The summed E-state index contributed by atoms with van der Waals surface area (Å²) in [6.07, 6.45) is -0.885. The first-order valence-corrected chi connectivity index (χ1v) is 11.3. The van der Waals surface area contributed by atoms with Crippen molar-refractivity contribution in [2.24, 2.45) is 0 Å². The van der Waals surface area contributed by atoms with Gasteiger partial charge in [-0.3, -0.25) is 14.5 Å². The molecule has 5 rings (SSSR count). The summed E-state index contributed by atoms with van der Waals surface area (Å²) in [4.78, 5) is 38.8. The first-order valence-electron chi connectivity index (χ1n) is 11.3. The van der Waals surface area contributed by atoms with E-state index in [4.69, 9.17) is 18.9 Å². The number of hydrogen-bond donors (Lipinski definition) is 1. The zero-order chi connectivity index (χ0) is 24.4. The summed E-state index contributed by atoms with van der Waals surface area (Å²) < 4.78 is 23.3. The summed E-state index contributed by atoms with van der Waals surface area (Å²) >= 11 is 0. The maximum absolute atomic E-state index is 12.5. The minimum atomic E-state index is -0.496. The Balaban J connectivity index is 1.18. The molecule has 0 bridgehead atoms. The van der Waals surface area contributed by atoms with Gasteiger partial charge in [0.15, 0.2) is 11.5 Å². The topological polar surface area (TPSA) is 108 Å². The maximum atomic E-state index is 12.5. The fourth-order valence-electron chi connectivity index (χ4n) is 4.19. The normalized spacial score (nSPS) is 16.8. The molecule has 1 unspecified atom stereocenters. The predicted octanol–water partition coefficient (Wildman–Crippen LogP) is 2.31. The van der Waals surface area contributed by atoms with Gasteiger partial charge in [0.1, 0.15) is 25.1 Å². The Labute approximate surface area is 200 Å². The van der Waals surface area contributed by atoms with Gasteiger partial charge in [0, 0.05) is 31.2 Å². The molecule has 182 valence electrons. The van der Waals surface area contributed by atoms with Gasteiger partial charge in [-0.15, -0.1) is 0 Å². The van der Waals surface area contributed by atoms with E-state index in [-0.39, 0.29) is 31.0 Å². The first-order chi connectivity index (χ1) is 17.0. The highest BCUT2D eigenvalue weighted by molar-refractivity contribution is 5.90. The third-order valence-corrected chi connectivity index (χ3v) is 6.00. The van der Waals surface area contributed by atoms with E-state index in [0.717, 1.165) is 5.39 Å². The number of cyclic esters (lactones) is 1. The van der Waals surface area contributed by atoms with Crippen molar-refractivity contribution in [1.29, 1.82) is 0 Å². The summed E-state index contributed by atoms with van der Waals surface area (Å²) in [6, 6.07) is 14.0. The molecular formula is C25H25N3O7. The first kappa shape index (κ1) is 22.6. The second-order valence-corrected chi connectivity index (χ2v) is 8.25. The lowest BCUT2D eigenvalue weighted by atomic mass is 10.2. The molecule has 3 heterocycles. The molecular weight excluding hydrogens is 454 g/mol. The lowest BCUT2D eigenvalue weighted by Crippen LogP contribution is -2.35. The average molecular weight is 479 g/mol. The fraction of sp³-hybridized carbons (Fsp3) is 0.320. The summed E-state index contributed by atoms with van der Waals surface area (Å²) in [7, 11) is 1.56. The van der Waals surface area contributed by atoms with Crippen LogP contribution in [0.2, 0.25) is 0 Å². The molecule has 1 aromatic heterocycles. The molecule has 2 aliphatic rings. The number of ether oxygens (including phenoxy) is 4. The maximum Gasteiger partial charge on any atom is 0.414 e. The molecule has 0 spiro atoms. The van der Waals surface area contributed by atoms with Gasteiger partial charge in [-0.25, -0.2) is 4.79 Å². The van der Waals surface area contributed by atoms with Gasteiger partial charge in [-0.1, -0.05) is 0 Å². The van der Waals surface area contributed by atoms with E-state index in [2.05, 4.69) is 5.32 Å². The zero-order valence-electron chi connectivity index (χ0n) is 19.2. The summed E-state index contributed by atoms with van der Waals surface area (Å²) in [6.45, 7) is 1.62. The third-order valence-electron chi connectivity index (χ3n) is 6.00. The zero-order valence-corrected chi connectivity index (χ0v) is 19.2. The molecule has 2 aromatic carbocycles. The molecule has 1 fully saturated rings. The second-order valence-electron chi connectivity index (χ2n) is 8.25. The highest BCUT2D eigenvalue weighted by Gasteiger charge is 2.33. The van der Waals surface area contributed by atoms with Crippen LogP contribution in [0.4, 0.5) is 10.5 Å². The quantitative estimate of drug-likeness (QED) is 0.554. The van der Waals surface area contributed by atoms with Crippen LogP contribution in [0.25, 0.3) is 10.9 Å². The Hall–Kier alpha value is -4.21. The molecule has 0 saturated carbocycles. The molecule has 2 amide bonds. The van der Waals surface area contributed by atoms with Gasteiger partial charge in [0.05, 0.1) is 31.4 Å². The van der Waals surface area contributed by atoms with Crippen molar-refractivity contribution in [3.63, 3.8) is 0 Å². The van der Waals surface area contributed by atoms with E-state index in [9.17, 15) is 14.4 Å². The SMILES string of the molecule is COc1ccc2ccc(=O)n(CCC(=O)NCC3CN(c4ccc5c(c4)OCCO5)C(=O)O3)c2c1. The van der Waals surface area contributed by atoms with Crippen LogP contribution < -0.4 is 30.0 Å². The van der Waals surface area contributed by atoms with E-state index < -0.39 is 12.2 Å². The van der Waals surface area contributed by atoms with Crippen molar-refractivity contribution in [3.05, 3.63) is 58.9 Å². The second kappa shape index (κ2) is 9.57. The van der Waals surface area contributed by atoms with Crippen molar-refractivity contribution in [2.75, 3.05) is 38.3 Å². The highest BCUT2D eigenvalue weighted by atomic mass is 16.6. The number of benzene rings is 2. The highest BCUT2D eigenvalue weighted by Crippen LogP contribution is 2.35. The van der Waals surface area contributed by atoms with Crippen molar-refractivity contribution in [2.45, 2.75) is 19.1 Å². The Morgan fingerprint density at radius 1 is 1.06 bits per heavy atom. The molecule has 1 saturated heterocycles. The standard InChI is InChI=1S/C25H25N3O7/c1-32-18-5-2-16-3-7-24(30)27(20(16)13-18)9-8-23(29)26-14-19-15-28(25(31)35-19)17-4-6-21-22(12-17)34-11-10-33-21/h2-7,12-13,19H,8-11,14-15H2,1H3,(H,26,29). The van der Waals surface area contributed by atoms with Gasteiger partial charge < -0.3 is 28.8 Å². The van der Waals surface area contributed by atoms with E-state index in [1.165, 1.54) is 11.0 Å². The van der Waals surface area contributed by atoms with Gasteiger partial charge >= 0.3 is 6.09 Å². The van der Waals surface area contributed by atoms with Crippen molar-refractivity contribution >= 4 is 28.6 Å². The van der Waals surface area contributed by atoms with Gasteiger partial charge in [-0.05, 0) is 35.7 Å². The van der Waals surface area contributed by atoms with Crippen LogP contribution in [0, 0.1) is 0 Å². The van der Waals surface area contributed by atoms with Gasteiger partial charge in [-0.2, -0.15) is 0 Å². The van der Waals surface area contributed by atoms with Crippen LogP contribution >= 0.6 is 0 Å². The number of aromatic nitrogens is 1. The van der Waals surface area contributed by atoms with Crippen LogP contribution in [0.1, 0.15) is 6.42 Å². The van der Waals surface area contributed by atoms with E-state index in [0.29, 0.717) is 48.2 Å². The third kappa shape index (κ3) is 4.72. The number of amides is 2. The average Bonchev–Trinajstić information content (AvgIpc) is 3.26. The van der Waals surface area contributed by atoms with Crippen LogP contribution in [-0.2, 0) is 16.1 Å². The van der Waals surface area contributed by atoms with Crippen molar-refractivity contribution < 1.29 is 28.5 Å². The fourth-order valence-corrected chi connectivity index (χ4v) is 4.19. The van der Waals surface area contributed by atoms with E-state index in [1.54, 1.807) is 42.0 Å². The van der Waals surface area contributed by atoms with E-state index >= 15 is 0 Å². The summed E-state index contributed by atoms with van der Waals surface area (Å²) in [5.74, 6) is 1.61. The number of carbonyl (C=O) groups is 2. The minimum Gasteiger partial charge on any atom is -0.497 e. The van der Waals surface area contributed by atoms with Gasteiger partial charge in [0.2, 0.25) is 5.91 Å². The Bertz CT molecular complexity index is 1340. The number of nitrogens with one attached hydrogen (secondary N) is 1. The predicted molar refractivity (Wildman–Crippen MR) is 127 cm³/mol. The molecule has 2 aliphatic heterocycles. The Morgan fingerprint density at radius 3 is 2.69 bits per heavy atom. The lowest BCUT2D eigenvalue weighted by molar-refractivity contribution is -0.121. The molecule has 0 aliphatic carbocycles. The van der Waals surface area contributed by atoms with Crippen molar-refractivity contribution in [3.8, 4) is 17.2 Å². The number of aryl methyl sites for hydroxylation is 1. The van der Waals surface area contributed by atoms with Crippen LogP contribution in [0.15, 0.2) is 53.3 Å². The summed E-state index contributed by atoms with van der Waals surface area (Å²) in [5.41, 5.74) is 1.14. The van der Waals surface area contributed by atoms with Crippen LogP contribution in [0.3, 0.4) is 0 Å². The van der Waals surface area contributed by atoms with Crippen LogP contribution in [-0.4, -0.2) is 56.1 Å². The van der Waals surface area contributed by atoms with Crippen molar-refractivity contribution in [1.82, 2.24) is 9.88 Å². The number of fused-ring (bicyclic) bond motifs is 2. The molecule has 10 nitrogen and oxygen atoms in total. The van der Waals surface area contributed by atoms with E-state index in [1.807, 2.05) is 12.1 Å². The largest absolute Gasteiger partial charge is 0.497 e. The summed E-state index contributed by atoms with van der Waals surface area (Å²) in [5, 5.41) is 3.68. The molecule has 0 radical (unpaired) electrons. The molecule has 10 heteroatoms. The Kier molecular flexibility index (Phi) is 6.17. The molecule has 35 heavy (non-hydrogen) atoms. The number of anilines is 1. The monoisotopic (exact) mass is 479 g/mol. The number of rotatable bonds is 7. The number of hydrogen-bond acceptors (Lipinski definition) is 7. The Morgan fingerprint density at radius 2 is 1.86 bits per heavy atom. The van der Waals surface area contributed by atoms with Crippen LogP contribution in [0.5, 0.6) is 17.2 Å².